The van der Waals surface area contributed by atoms with Crippen molar-refractivity contribution in [2.24, 2.45) is 11.8 Å². The quantitative estimate of drug-likeness (QED) is 0.751. The van der Waals surface area contributed by atoms with Gasteiger partial charge < -0.3 is 24.9 Å². The second kappa shape index (κ2) is 6.19. The lowest BCUT2D eigenvalue weighted by molar-refractivity contribution is -0.142. The molecule has 2 saturated heterocycles. The van der Waals surface area contributed by atoms with Gasteiger partial charge in [0.25, 0.3) is 0 Å². The maximum atomic E-state index is 12.6. The van der Waals surface area contributed by atoms with Crippen LogP contribution in [0.4, 0.5) is 4.79 Å². The second-order valence-corrected chi connectivity index (χ2v) is 6.57. The molecule has 2 heterocycles. The number of hydrogen-bond donors (Lipinski definition) is 2. The molecule has 120 valence electrons. The van der Waals surface area contributed by atoms with Gasteiger partial charge in [-0.05, 0) is 26.4 Å². The van der Waals surface area contributed by atoms with Gasteiger partial charge in [0.05, 0.1) is 12.0 Å². The molecule has 0 aliphatic carbocycles. The predicted octanol–water partition coefficient (Wildman–Crippen LogP) is -0.244. The lowest BCUT2D eigenvalue weighted by Crippen LogP contribution is -2.48. The van der Waals surface area contributed by atoms with Crippen LogP contribution in [0.3, 0.4) is 0 Å². The maximum absolute atomic E-state index is 12.6. The van der Waals surface area contributed by atoms with E-state index in [2.05, 4.69) is 0 Å². The molecule has 2 aliphatic heterocycles. The first kappa shape index (κ1) is 16.0. The van der Waals surface area contributed by atoms with Crippen LogP contribution in [0.25, 0.3) is 0 Å². The second-order valence-electron chi connectivity index (χ2n) is 6.57. The minimum atomic E-state index is -0.843. The number of carbonyl (C=O) groups is 2. The van der Waals surface area contributed by atoms with Crippen LogP contribution in [0.15, 0.2) is 0 Å². The first-order valence-electron chi connectivity index (χ1n) is 7.40. The number of β-amino-alcohol motifs (C(OH)–C–C–N with tert-alkyl or cyclic N) is 1. The Morgan fingerprint density at radius 3 is 2.43 bits per heavy atom. The number of urea groups is 1. The first-order chi connectivity index (χ1) is 9.79. The molecule has 0 aromatic carbocycles. The topological polar surface area (TPSA) is 84.3 Å². The van der Waals surface area contributed by atoms with Crippen LogP contribution in [-0.2, 0) is 4.79 Å². The van der Waals surface area contributed by atoms with Crippen molar-refractivity contribution in [1.82, 2.24) is 14.7 Å². The average molecular weight is 299 g/mol. The maximum Gasteiger partial charge on any atom is 0.320 e. The van der Waals surface area contributed by atoms with Crippen molar-refractivity contribution in [3.8, 4) is 0 Å². The minimum Gasteiger partial charge on any atom is -0.481 e. The van der Waals surface area contributed by atoms with Gasteiger partial charge in [-0.2, -0.15) is 0 Å². The lowest BCUT2D eigenvalue weighted by Gasteiger charge is -2.30. The molecule has 2 fully saturated rings. The van der Waals surface area contributed by atoms with E-state index in [1.807, 2.05) is 25.9 Å². The number of aliphatic hydroxyl groups excluding tert-OH is 1. The molecule has 4 unspecified atom stereocenters. The Labute approximate surface area is 125 Å². The van der Waals surface area contributed by atoms with Gasteiger partial charge in [0.15, 0.2) is 0 Å². The highest BCUT2D eigenvalue weighted by Crippen LogP contribution is 2.27. The molecule has 0 saturated carbocycles. The van der Waals surface area contributed by atoms with E-state index in [9.17, 15) is 14.7 Å². The molecule has 0 spiro atoms. The lowest BCUT2D eigenvalue weighted by atomic mass is 9.99. The van der Waals surface area contributed by atoms with Gasteiger partial charge in [0.2, 0.25) is 0 Å². The summed E-state index contributed by atoms with van der Waals surface area (Å²) >= 11 is 0. The average Bonchev–Trinajstić information content (AvgIpc) is 2.91. The van der Waals surface area contributed by atoms with Gasteiger partial charge in [-0.15, -0.1) is 0 Å². The fraction of sp³-hybridized carbons (Fsp3) is 0.857. The van der Waals surface area contributed by atoms with Crippen molar-refractivity contribution >= 4 is 12.0 Å². The number of aliphatic carboxylic acids is 1. The fourth-order valence-corrected chi connectivity index (χ4v) is 3.35. The van der Waals surface area contributed by atoms with Gasteiger partial charge in [0, 0.05) is 32.2 Å². The highest BCUT2D eigenvalue weighted by Gasteiger charge is 2.42. The number of carboxylic acid groups (broad SMARTS) is 1. The van der Waals surface area contributed by atoms with Crippen LogP contribution >= 0.6 is 0 Å². The molecule has 0 aromatic heterocycles. The van der Waals surface area contributed by atoms with Crippen LogP contribution in [-0.4, -0.2) is 89.3 Å². The molecule has 2 aliphatic rings. The highest BCUT2D eigenvalue weighted by atomic mass is 16.4. The fourth-order valence-electron chi connectivity index (χ4n) is 3.35. The summed E-state index contributed by atoms with van der Waals surface area (Å²) in [6.45, 7) is 3.63. The number of nitrogens with zero attached hydrogens (tertiary/aromatic N) is 3. The number of aliphatic hydroxyl groups is 1. The summed E-state index contributed by atoms with van der Waals surface area (Å²) in [5.41, 5.74) is 0. The van der Waals surface area contributed by atoms with Crippen LogP contribution < -0.4 is 0 Å². The van der Waals surface area contributed by atoms with Gasteiger partial charge in [0.1, 0.15) is 0 Å². The normalized spacial score (nSPS) is 33.0. The number of rotatable bonds is 3. The Balaban J connectivity index is 2.03. The van der Waals surface area contributed by atoms with Crippen LogP contribution in [0, 0.1) is 11.8 Å². The highest BCUT2D eigenvalue weighted by molar-refractivity contribution is 5.78. The molecule has 2 amide bonds. The standard InChI is InChI=1S/C14H25N3O4/c1-9-5-16(8-12(9)13(19)20)14(21)17-7-11(18)4-10(17)6-15(2)3/h9-12,18H,4-8H2,1-3H3,(H,19,20). The van der Waals surface area contributed by atoms with Crippen molar-refractivity contribution in [3.63, 3.8) is 0 Å². The molecule has 0 bridgehead atoms. The van der Waals surface area contributed by atoms with Crippen LogP contribution in [0.2, 0.25) is 0 Å². The third-order valence-corrected chi connectivity index (χ3v) is 4.41. The van der Waals surface area contributed by atoms with Crippen molar-refractivity contribution < 1.29 is 19.8 Å². The third kappa shape index (κ3) is 3.47. The van der Waals surface area contributed by atoms with E-state index in [1.165, 1.54) is 0 Å². The summed E-state index contributed by atoms with van der Waals surface area (Å²) in [4.78, 5) is 29.1. The molecule has 7 nitrogen and oxygen atoms in total. The Hall–Kier alpha value is -1.34. The summed E-state index contributed by atoms with van der Waals surface area (Å²) in [6.07, 6.45) is 0.0876. The zero-order valence-corrected chi connectivity index (χ0v) is 12.9. The molecular formula is C14H25N3O4. The number of likely N-dealkylation sites (tertiary alicyclic amines) is 2. The zero-order chi connectivity index (χ0) is 15.7. The monoisotopic (exact) mass is 299 g/mol. The number of carbonyl (C=O) groups excluding carboxylic acids is 1. The number of amides is 2. The van der Waals surface area contributed by atoms with Gasteiger partial charge in [-0.1, -0.05) is 6.92 Å². The summed E-state index contributed by atoms with van der Waals surface area (Å²) < 4.78 is 0. The molecule has 4 atom stereocenters. The molecule has 0 aromatic rings. The van der Waals surface area contributed by atoms with E-state index in [-0.39, 0.29) is 24.5 Å². The molecule has 2 rings (SSSR count). The Morgan fingerprint density at radius 2 is 1.90 bits per heavy atom. The van der Waals surface area contributed by atoms with Crippen molar-refractivity contribution in [1.29, 1.82) is 0 Å². The zero-order valence-electron chi connectivity index (χ0n) is 12.9. The van der Waals surface area contributed by atoms with E-state index in [4.69, 9.17) is 5.11 Å². The smallest absolute Gasteiger partial charge is 0.320 e. The summed E-state index contributed by atoms with van der Waals surface area (Å²) in [7, 11) is 3.87. The molecule has 21 heavy (non-hydrogen) atoms. The predicted molar refractivity (Wildman–Crippen MR) is 76.9 cm³/mol. The molecular weight excluding hydrogens is 274 g/mol. The van der Waals surface area contributed by atoms with E-state index in [0.29, 0.717) is 26.1 Å². The van der Waals surface area contributed by atoms with E-state index >= 15 is 0 Å². The summed E-state index contributed by atoms with van der Waals surface area (Å²) in [6, 6.07) is -0.157. The number of carboxylic acids is 1. The minimum absolute atomic E-state index is 0.0123. The molecule has 0 radical (unpaired) electrons. The first-order valence-corrected chi connectivity index (χ1v) is 7.40. The van der Waals surface area contributed by atoms with Gasteiger partial charge in [-0.25, -0.2) is 4.79 Å². The Morgan fingerprint density at radius 1 is 1.24 bits per heavy atom. The Bertz CT molecular complexity index is 415. The SMILES string of the molecule is CC1CN(C(=O)N2CC(O)CC2CN(C)C)CC1C(=O)O. The summed E-state index contributed by atoms with van der Waals surface area (Å²) in [5.74, 6) is -1.37. The summed E-state index contributed by atoms with van der Waals surface area (Å²) in [5, 5.41) is 19.0. The van der Waals surface area contributed by atoms with E-state index < -0.39 is 18.0 Å². The largest absolute Gasteiger partial charge is 0.481 e. The van der Waals surface area contributed by atoms with Crippen molar-refractivity contribution in [2.45, 2.75) is 25.5 Å². The van der Waals surface area contributed by atoms with Gasteiger partial charge >= 0.3 is 12.0 Å². The van der Waals surface area contributed by atoms with Crippen molar-refractivity contribution in [2.75, 3.05) is 40.3 Å². The number of hydrogen-bond acceptors (Lipinski definition) is 4. The Kier molecular flexibility index (Phi) is 4.73. The van der Waals surface area contributed by atoms with E-state index in [1.54, 1.807) is 9.80 Å². The van der Waals surface area contributed by atoms with Crippen LogP contribution in [0.1, 0.15) is 13.3 Å². The molecule has 2 N–H and O–H groups in total. The molecule has 7 heteroatoms. The van der Waals surface area contributed by atoms with Gasteiger partial charge in [-0.3, -0.25) is 4.79 Å². The van der Waals surface area contributed by atoms with Crippen molar-refractivity contribution in [3.05, 3.63) is 0 Å². The van der Waals surface area contributed by atoms with Crippen LogP contribution in [0.5, 0.6) is 0 Å². The third-order valence-electron chi connectivity index (χ3n) is 4.41. The number of likely N-dealkylation sites (N-methyl/N-ethyl adjacent to an activating group) is 1. The van der Waals surface area contributed by atoms with E-state index in [0.717, 1.165) is 0 Å².